The summed E-state index contributed by atoms with van der Waals surface area (Å²) in [7, 11) is 0. The third-order valence-electron chi connectivity index (χ3n) is 9.76. The molecular weight excluding hydrogens is 647 g/mol. The van der Waals surface area contributed by atoms with E-state index in [1.165, 1.54) is 14.8 Å². The Morgan fingerprint density at radius 3 is 1.96 bits per heavy atom. The monoisotopic (exact) mass is 671 g/mol. The van der Waals surface area contributed by atoms with Crippen molar-refractivity contribution in [3.63, 3.8) is 0 Å². The first-order chi connectivity index (χ1) is 25.3. The quantitative estimate of drug-likeness (QED) is 0.186. The fourth-order valence-corrected chi connectivity index (χ4v) is 8.58. The summed E-state index contributed by atoms with van der Waals surface area (Å²) in [5, 5.41) is 6.60. The van der Waals surface area contributed by atoms with Gasteiger partial charge in [-0.3, -0.25) is 0 Å². The van der Waals surface area contributed by atoms with Crippen LogP contribution in [0.25, 0.3) is 109 Å². The third-order valence-corrected chi connectivity index (χ3v) is 10.9. The molecule has 4 heterocycles. The maximum absolute atomic E-state index is 6.77. The number of aromatic nitrogens is 3. The number of furan rings is 2. The summed E-state index contributed by atoms with van der Waals surface area (Å²) in [5.41, 5.74) is 8.17. The molecule has 0 saturated heterocycles. The van der Waals surface area contributed by atoms with E-state index in [-0.39, 0.29) is 0 Å². The Bertz CT molecular complexity index is 3160. The first-order valence-electron chi connectivity index (χ1n) is 16.9. The molecule has 0 N–H and O–H groups in total. The van der Waals surface area contributed by atoms with E-state index in [0.29, 0.717) is 17.5 Å². The molecule has 0 aliphatic rings. The number of hydrogen-bond acceptors (Lipinski definition) is 6. The molecule has 0 radical (unpaired) electrons. The maximum Gasteiger partial charge on any atom is 0.167 e. The molecule has 51 heavy (non-hydrogen) atoms. The van der Waals surface area contributed by atoms with Gasteiger partial charge in [0.05, 0.1) is 5.56 Å². The van der Waals surface area contributed by atoms with Gasteiger partial charge in [0.15, 0.2) is 17.5 Å². The van der Waals surface area contributed by atoms with Gasteiger partial charge >= 0.3 is 0 Å². The second-order valence-electron chi connectivity index (χ2n) is 12.7. The highest BCUT2D eigenvalue weighted by atomic mass is 32.1. The lowest BCUT2D eigenvalue weighted by molar-refractivity contribution is 0.668. The lowest BCUT2D eigenvalue weighted by Crippen LogP contribution is -2.00. The van der Waals surface area contributed by atoms with E-state index in [4.69, 9.17) is 23.8 Å². The van der Waals surface area contributed by atoms with Crippen molar-refractivity contribution in [2.75, 3.05) is 0 Å². The van der Waals surface area contributed by atoms with E-state index >= 15 is 0 Å². The smallest absolute Gasteiger partial charge is 0.167 e. The van der Waals surface area contributed by atoms with Gasteiger partial charge in [0.1, 0.15) is 22.3 Å². The molecule has 5 nitrogen and oxygen atoms in total. The molecule has 0 atom stereocenters. The van der Waals surface area contributed by atoms with Gasteiger partial charge < -0.3 is 8.83 Å². The van der Waals surface area contributed by atoms with Crippen LogP contribution in [0.1, 0.15) is 0 Å². The minimum atomic E-state index is 0.565. The van der Waals surface area contributed by atoms with Crippen LogP contribution in [0.15, 0.2) is 160 Å². The topological polar surface area (TPSA) is 65.0 Å². The summed E-state index contributed by atoms with van der Waals surface area (Å²) in [4.78, 5) is 15.4. The van der Waals surface area contributed by atoms with E-state index in [1.54, 1.807) is 11.3 Å². The normalized spacial score (nSPS) is 11.9. The van der Waals surface area contributed by atoms with Crippen LogP contribution in [0.5, 0.6) is 0 Å². The zero-order valence-electron chi connectivity index (χ0n) is 27.0. The second kappa shape index (κ2) is 10.9. The standard InChI is InChI=1S/C45H25N3O2S/c1-2-11-26(12-3-1)43-46-44(33-17-10-22-39-41(33)32-14-5-7-21-38(32)51-39)48-45(47-43)34-18-8-16-30-29-24-23-27(25-37(29)50-42(30)34)28-15-9-20-36-40(28)31-13-4-6-19-35(31)49-36/h1-25H. The molecule has 0 aliphatic carbocycles. The van der Waals surface area contributed by atoms with Gasteiger partial charge in [-0.05, 0) is 53.6 Å². The van der Waals surface area contributed by atoms with Crippen molar-refractivity contribution in [1.82, 2.24) is 15.0 Å². The fourth-order valence-electron chi connectivity index (χ4n) is 7.45. The number of benzene rings is 7. The molecule has 0 unspecified atom stereocenters. The average Bonchev–Trinajstić information content (AvgIpc) is 3.89. The first kappa shape index (κ1) is 28.2. The number of thiophene rings is 1. The number of para-hydroxylation sites is 2. The summed E-state index contributed by atoms with van der Waals surface area (Å²) >= 11 is 1.79. The van der Waals surface area contributed by atoms with Crippen molar-refractivity contribution in [2.24, 2.45) is 0 Å². The zero-order valence-corrected chi connectivity index (χ0v) is 27.8. The lowest BCUT2D eigenvalue weighted by Gasteiger charge is -2.10. The zero-order chi connectivity index (χ0) is 33.5. The van der Waals surface area contributed by atoms with Crippen molar-refractivity contribution in [3.05, 3.63) is 152 Å². The van der Waals surface area contributed by atoms with Crippen LogP contribution < -0.4 is 0 Å². The fraction of sp³-hybridized carbons (Fsp3) is 0. The molecule has 0 saturated carbocycles. The Kier molecular flexibility index (Phi) is 6.05. The van der Waals surface area contributed by atoms with E-state index in [9.17, 15) is 0 Å². The maximum atomic E-state index is 6.77. The number of rotatable bonds is 4. The van der Waals surface area contributed by atoms with E-state index in [0.717, 1.165) is 77.1 Å². The molecule has 0 amide bonds. The van der Waals surface area contributed by atoms with Gasteiger partial charge in [0, 0.05) is 52.8 Å². The summed E-state index contributed by atoms with van der Waals surface area (Å²) in [5.74, 6) is 1.81. The predicted octanol–water partition coefficient (Wildman–Crippen LogP) is 12.7. The Hall–Kier alpha value is -6.63. The van der Waals surface area contributed by atoms with Gasteiger partial charge in [-0.25, -0.2) is 15.0 Å². The van der Waals surface area contributed by atoms with E-state index in [2.05, 4.69) is 91.0 Å². The largest absolute Gasteiger partial charge is 0.456 e. The van der Waals surface area contributed by atoms with Crippen LogP contribution in [0, 0.1) is 0 Å². The minimum absolute atomic E-state index is 0.565. The van der Waals surface area contributed by atoms with Gasteiger partial charge in [-0.15, -0.1) is 11.3 Å². The van der Waals surface area contributed by atoms with Crippen LogP contribution in [-0.2, 0) is 0 Å². The highest BCUT2D eigenvalue weighted by molar-refractivity contribution is 7.25. The SMILES string of the molecule is c1ccc(-c2nc(-c3cccc4c3oc3cc(-c5cccc6oc7ccccc7c56)ccc34)nc(-c3cccc4sc5ccccc5c34)n2)cc1. The molecule has 11 aromatic rings. The second-order valence-corrected chi connectivity index (χ2v) is 13.8. The van der Waals surface area contributed by atoms with Gasteiger partial charge in [0.2, 0.25) is 0 Å². The van der Waals surface area contributed by atoms with Crippen molar-refractivity contribution >= 4 is 75.4 Å². The van der Waals surface area contributed by atoms with Gasteiger partial charge in [0.25, 0.3) is 0 Å². The Balaban J connectivity index is 1.12. The predicted molar refractivity (Wildman–Crippen MR) is 209 cm³/mol. The molecule has 11 rings (SSSR count). The van der Waals surface area contributed by atoms with Crippen LogP contribution in [-0.4, -0.2) is 15.0 Å². The van der Waals surface area contributed by atoms with Crippen LogP contribution >= 0.6 is 11.3 Å². The molecule has 0 bridgehead atoms. The number of fused-ring (bicyclic) bond motifs is 9. The van der Waals surface area contributed by atoms with Crippen LogP contribution in [0.4, 0.5) is 0 Å². The molecule has 238 valence electrons. The van der Waals surface area contributed by atoms with E-state index in [1.807, 2.05) is 60.7 Å². The Morgan fingerprint density at radius 1 is 0.373 bits per heavy atom. The summed E-state index contributed by atoms with van der Waals surface area (Å²) in [6, 6.07) is 52.0. The molecule has 4 aromatic heterocycles. The first-order valence-corrected chi connectivity index (χ1v) is 17.7. The molecule has 6 heteroatoms. The van der Waals surface area contributed by atoms with Crippen LogP contribution in [0.2, 0.25) is 0 Å². The molecule has 0 fully saturated rings. The summed E-state index contributed by atoms with van der Waals surface area (Å²) in [6.45, 7) is 0. The minimum Gasteiger partial charge on any atom is -0.456 e. The lowest BCUT2D eigenvalue weighted by atomic mass is 9.98. The third kappa shape index (κ3) is 4.37. The summed E-state index contributed by atoms with van der Waals surface area (Å²) in [6.07, 6.45) is 0. The summed E-state index contributed by atoms with van der Waals surface area (Å²) < 4.78 is 15.4. The van der Waals surface area contributed by atoms with Crippen molar-refractivity contribution in [3.8, 4) is 45.3 Å². The van der Waals surface area contributed by atoms with Crippen molar-refractivity contribution in [1.29, 1.82) is 0 Å². The van der Waals surface area contributed by atoms with Crippen molar-refractivity contribution in [2.45, 2.75) is 0 Å². The van der Waals surface area contributed by atoms with Crippen molar-refractivity contribution < 1.29 is 8.83 Å². The highest BCUT2D eigenvalue weighted by Crippen LogP contribution is 2.42. The van der Waals surface area contributed by atoms with Gasteiger partial charge in [-0.1, -0.05) is 109 Å². The Morgan fingerprint density at radius 2 is 1.04 bits per heavy atom. The molecule has 0 aliphatic heterocycles. The average molecular weight is 672 g/mol. The number of nitrogens with zero attached hydrogens (tertiary/aromatic N) is 3. The molecular formula is C45H25N3O2S. The van der Waals surface area contributed by atoms with E-state index < -0.39 is 0 Å². The van der Waals surface area contributed by atoms with Gasteiger partial charge in [-0.2, -0.15) is 0 Å². The van der Waals surface area contributed by atoms with Crippen LogP contribution in [0.3, 0.4) is 0 Å². The highest BCUT2D eigenvalue weighted by Gasteiger charge is 2.20. The number of hydrogen-bond donors (Lipinski definition) is 0. The molecule has 0 spiro atoms. The molecule has 7 aromatic carbocycles. The Labute approximate surface area is 295 Å².